The molecule has 1 heterocycles. The molecule has 6 nitrogen and oxygen atoms in total. The van der Waals surface area contributed by atoms with Crippen molar-refractivity contribution in [3.63, 3.8) is 0 Å². The van der Waals surface area contributed by atoms with E-state index in [0.29, 0.717) is 22.8 Å². The number of nitrogens with one attached hydrogen (secondary N) is 1. The minimum atomic E-state index is -3.97. The second-order valence-electron chi connectivity index (χ2n) is 6.92. The number of halogens is 2. The van der Waals surface area contributed by atoms with Crippen LogP contribution in [-0.2, 0) is 10.0 Å². The SMILES string of the molecule is CC(C)(F)CNS(=O)(=O)c1cc2c(c3cnc(Cl)cc13)[C@@H](N)C[C@H]2N. The first-order valence-electron chi connectivity index (χ1n) is 7.81. The predicted octanol–water partition coefficient (Wildman–Crippen LogP) is 2.32. The van der Waals surface area contributed by atoms with Gasteiger partial charge >= 0.3 is 0 Å². The minimum absolute atomic E-state index is 0.000602. The van der Waals surface area contributed by atoms with Gasteiger partial charge in [-0.25, -0.2) is 22.5 Å². The lowest BCUT2D eigenvalue weighted by Crippen LogP contribution is -2.35. The topological polar surface area (TPSA) is 111 Å². The number of hydrogen-bond donors (Lipinski definition) is 3. The summed E-state index contributed by atoms with van der Waals surface area (Å²) in [5.41, 5.74) is 12.0. The fraction of sp³-hybridized carbons (Fsp3) is 0.438. The van der Waals surface area contributed by atoms with Crippen LogP contribution in [0.1, 0.15) is 43.5 Å². The van der Waals surface area contributed by atoms with Crippen LogP contribution < -0.4 is 16.2 Å². The fourth-order valence-corrected chi connectivity index (χ4v) is 4.69. The number of benzene rings is 1. The Balaban J connectivity index is 2.24. The van der Waals surface area contributed by atoms with Gasteiger partial charge in [0.05, 0.1) is 4.90 Å². The third-order valence-corrected chi connectivity index (χ3v) is 5.92. The van der Waals surface area contributed by atoms with Crippen molar-refractivity contribution in [3.05, 3.63) is 34.6 Å². The van der Waals surface area contributed by atoms with Crippen LogP contribution in [0.2, 0.25) is 5.15 Å². The van der Waals surface area contributed by atoms with E-state index in [4.69, 9.17) is 23.1 Å². The summed E-state index contributed by atoms with van der Waals surface area (Å²) in [4.78, 5) is 4.05. The highest BCUT2D eigenvalue weighted by molar-refractivity contribution is 7.89. The fourth-order valence-electron chi connectivity index (χ4n) is 3.11. The molecule has 3 rings (SSSR count). The van der Waals surface area contributed by atoms with Crippen molar-refractivity contribution in [2.24, 2.45) is 11.5 Å². The van der Waals surface area contributed by atoms with Gasteiger partial charge in [0.2, 0.25) is 10.0 Å². The third-order valence-electron chi connectivity index (χ3n) is 4.27. The molecule has 0 spiro atoms. The first kappa shape index (κ1) is 18.5. The molecule has 1 aromatic heterocycles. The maximum absolute atomic E-state index is 13.8. The highest BCUT2D eigenvalue weighted by Crippen LogP contribution is 2.42. The number of rotatable bonds is 4. The first-order chi connectivity index (χ1) is 11.5. The van der Waals surface area contributed by atoms with Gasteiger partial charge in [-0.2, -0.15) is 0 Å². The van der Waals surface area contributed by atoms with Gasteiger partial charge in [0.15, 0.2) is 0 Å². The molecule has 0 unspecified atom stereocenters. The molecule has 2 aromatic rings. The Morgan fingerprint density at radius 3 is 2.64 bits per heavy atom. The molecule has 0 radical (unpaired) electrons. The van der Waals surface area contributed by atoms with Gasteiger partial charge in [-0.05, 0) is 43.5 Å². The van der Waals surface area contributed by atoms with Crippen LogP contribution in [0.4, 0.5) is 4.39 Å². The van der Waals surface area contributed by atoms with Crippen LogP contribution in [0.5, 0.6) is 0 Å². The van der Waals surface area contributed by atoms with Gasteiger partial charge in [-0.1, -0.05) is 11.6 Å². The average Bonchev–Trinajstić information content (AvgIpc) is 2.78. The van der Waals surface area contributed by atoms with E-state index in [0.717, 1.165) is 5.56 Å². The Hall–Kier alpha value is -1.32. The normalized spacial score (nSPS) is 20.9. The molecule has 25 heavy (non-hydrogen) atoms. The van der Waals surface area contributed by atoms with Crippen molar-refractivity contribution >= 4 is 32.4 Å². The Morgan fingerprint density at radius 2 is 2.00 bits per heavy atom. The molecule has 0 aliphatic heterocycles. The molecule has 5 N–H and O–H groups in total. The number of nitrogens with zero attached hydrogens (tertiary/aromatic N) is 1. The van der Waals surface area contributed by atoms with Gasteiger partial charge in [-0.3, -0.25) is 0 Å². The molecule has 9 heteroatoms. The molecular weight excluding hydrogens is 367 g/mol. The standard InChI is InChI=1S/C16H20ClFN4O2S/c1-16(2,18)7-22-25(23,24)13-3-9-11(19)5-12(20)15(9)10-6-21-14(17)4-8(10)13/h3-4,6,11-12,22H,5,7,19-20H2,1-2H3/t11-,12+/m1/s1. The number of fused-ring (bicyclic) bond motifs is 3. The van der Waals surface area contributed by atoms with Gasteiger partial charge < -0.3 is 11.5 Å². The van der Waals surface area contributed by atoms with E-state index in [1.54, 1.807) is 0 Å². The molecule has 136 valence electrons. The third kappa shape index (κ3) is 3.50. The van der Waals surface area contributed by atoms with Gasteiger partial charge in [-0.15, -0.1) is 0 Å². The lowest BCUT2D eigenvalue weighted by Gasteiger charge is -2.18. The van der Waals surface area contributed by atoms with Crippen LogP contribution in [0, 0.1) is 0 Å². The number of nitrogens with two attached hydrogens (primary N) is 2. The predicted molar refractivity (Wildman–Crippen MR) is 95.6 cm³/mol. The zero-order valence-electron chi connectivity index (χ0n) is 13.9. The summed E-state index contributed by atoms with van der Waals surface area (Å²) >= 11 is 5.96. The van der Waals surface area contributed by atoms with E-state index in [9.17, 15) is 12.8 Å². The molecule has 0 saturated carbocycles. The zero-order chi connectivity index (χ0) is 18.6. The Morgan fingerprint density at radius 1 is 1.32 bits per heavy atom. The molecule has 0 amide bonds. The Bertz CT molecular complexity index is 943. The maximum atomic E-state index is 13.8. The summed E-state index contributed by atoms with van der Waals surface area (Å²) in [5.74, 6) is 0. The van der Waals surface area contributed by atoms with Crippen molar-refractivity contribution in [1.82, 2.24) is 9.71 Å². The smallest absolute Gasteiger partial charge is 0.241 e. The summed E-state index contributed by atoms with van der Waals surface area (Å²) < 4.78 is 41.6. The van der Waals surface area contributed by atoms with Gasteiger partial charge in [0, 0.05) is 35.6 Å². The molecular formula is C16H20ClFN4O2S. The van der Waals surface area contributed by atoms with Crippen LogP contribution in [-0.4, -0.2) is 25.6 Å². The van der Waals surface area contributed by atoms with E-state index < -0.39 is 15.7 Å². The number of aromatic nitrogens is 1. The minimum Gasteiger partial charge on any atom is -0.324 e. The van der Waals surface area contributed by atoms with Gasteiger partial charge in [0.25, 0.3) is 0 Å². The van der Waals surface area contributed by atoms with Crippen LogP contribution >= 0.6 is 11.6 Å². The van der Waals surface area contributed by atoms with E-state index in [-0.39, 0.29) is 28.7 Å². The summed E-state index contributed by atoms with van der Waals surface area (Å²) in [6, 6.07) is 2.32. The van der Waals surface area contributed by atoms with E-state index in [1.807, 2.05) is 0 Å². The monoisotopic (exact) mass is 386 g/mol. The molecule has 0 bridgehead atoms. The summed E-state index contributed by atoms with van der Waals surface area (Å²) in [6.07, 6.45) is 2.02. The van der Waals surface area contributed by atoms with E-state index in [2.05, 4.69) is 9.71 Å². The zero-order valence-corrected chi connectivity index (χ0v) is 15.5. The first-order valence-corrected chi connectivity index (χ1v) is 9.67. The van der Waals surface area contributed by atoms with Crippen LogP contribution in [0.3, 0.4) is 0 Å². The molecule has 2 atom stereocenters. The highest BCUT2D eigenvalue weighted by atomic mass is 35.5. The maximum Gasteiger partial charge on any atom is 0.241 e. The van der Waals surface area contributed by atoms with Crippen LogP contribution in [0.15, 0.2) is 23.2 Å². The number of hydrogen-bond acceptors (Lipinski definition) is 5. The quantitative estimate of drug-likeness (QED) is 0.698. The Labute approximate surface area is 150 Å². The van der Waals surface area contributed by atoms with E-state index in [1.165, 1.54) is 32.2 Å². The van der Waals surface area contributed by atoms with Crippen molar-refractivity contribution in [3.8, 4) is 0 Å². The molecule has 0 saturated heterocycles. The number of sulfonamides is 1. The molecule has 1 aliphatic rings. The summed E-state index contributed by atoms with van der Waals surface area (Å²) in [6.45, 7) is 2.25. The lowest BCUT2D eigenvalue weighted by molar-refractivity contribution is 0.221. The molecule has 0 fully saturated rings. The summed E-state index contributed by atoms with van der Waals surface area (Å²) in [7, 11) is -3.97. The van der Waals surface area contributed by atoms with Crippen LogP contribution in [0.25, 0.3) is 10.8 Å². The number of alkyl halides is 1. The number of pyridine rings is 1. The van der Waals surface area contributed by atoms with Crippen molar-refractivity contribution < 1.29 is 12.8 Å². The summed E-state index contributed by atoms with van der Waals surface area (Å²) in [5, 5.41) is 1.15. The second kappa shape index (κ2) is 6.14. The van der Waals surface area contributed by atoms with E-state index >= 15 is 0 Å². The molecule has 1 aliphatic carbocycles. The van der Waals surface area contributed by atoms with Crippen molar-refractivity contribution in [2.75, 3.05) is 6.54 Å². The second-order valence-corrected chi connectivity index (χ2v) is 9.04. The largest absolute Gasteiger partial charge is 0.324 e. The average molecular weight is 387 g/mol. The van der Waals surface area contributed by atoms with Gasteiger partial charge in [0.1, 0.15) is 10.8 Å². The Kier molecular flexibility index (Phi) is 4.53. The molecule has 1 aromatic carbocycles. The lowest BCUT2D eigenvalue weighted by atomic mass is 10.0. The van der Waals surface area contributed by atoms with Crippen molar-refractivity contribution in [2.45, 2.75) is 42.9 Å². The highest BCUT2D eigenvalue weighted by Gasteiger charge is 2.32. The van der Waals surface area contributed by atoms with Crippen molar-refractivity contribution in [1.29, 1.82) is 0 Å².